The Morgan fingerprint density at radius 2 is 2.00 bits per heavy atom. The van der Waals surface area contributed by atoms with Crippen molar-refractivity contribution in [1.29, 1.82) is 0 Å². The van der Waals surface area contributed by atoms with Gasteiger partial charge in [0.2, 0.25) is 0 Å². The predicted molar refractivity (Wildman–Crippen MR) is 79.2 cm³/mol. The lowest BCUT2D eigenvalue weighted by Gasteiger charge is -2.40. The number of anilines is 2. The molecule has 4 nitrogen and oxygen atoms in total. The van der Waals surface area contributed by atoms with E-state index in [1.54, 1.807) is 6.07 Å². The normalized spacial score (nSPS) is 18.3. The summed E-state index contributed by atoms with van der Waals surface area (Å²) in [6, 6.07) is 5.50. The van der Waals surface area contributed by atoms with Crippen molar-refractivity contribution in [1.82, 2.24) is 0 Å². The van der Waals surface area contributed by atoms with Gasteiger partial charge in [-0.2, -0.15) is 0 Å². The van der Waals surface area contributed by atoms with Crippen molar-refractivity contribution in [2.45, 2.75) is 33.1 Å². The van der Waals surface area contributed by atoms with Crippen molar-refractivity contribution < 1.29 is 4.79 Å². The first-order valence-corrected chi connectivity index (χ1v) is 6.90. The van der Waals surface area contributed by atoms with Crippen molar-refractivity contribution >= 4 is 17.3 Å². The molecule has 1 aliphatic heterocycles. The first-order valence-electron chi connectivity index (χ1n) is 6.90. The molecule has 1 fully saturated rings. The van der Waals surface area contributed by atoms with Crippen molar-refractivity contribution in [3.8, 4) is 0 Å². The Kier molecular flexibility index (Phi) is 3.69. The number of carbonyl (C=O) groups is 1. The summed E-state index contributed by atoms with van der Waals surface area (Å²) in [6.45, 7) is 6.55. The summed E-state index contributed by atoms with van der Waals surface area (Å²) >= 11 is 0. The zero-order valence-corrected chi connectivity index (χ0v) is 11.8. The minimum absolute atomic E-state index is 0.418. The van der Waals surface area contributed by atoms with Crippen molar-refractivity contribution in [2.24, 2.45) is 11.1 Å². The topological polar surface area (TPSA) is 72.3 Å². The van der Waals surface area contributed by atoms with E-state index in [1.165, 1.54) is 6.42 Å². The molecule has 0 aliphatic carbocycles. The SMILES string of the molecule is CCC1(C)CCN(c2cccc(C(N)=O)c2N)CC1. The highest BCUT2D eigenvalue weighted by Gasteiger charge is 2.29. The molecule has 0 saturated carbocycles. The van der Waals surface area contributed by atoms with Gasteiger partial charge in [0.05, 0.1) is 16.9 Å². The minimum atomic E-state index is -0.463. The maximum absolute atomic E-state index is 11.3. The summed E-state index contributed by atoms with van der Waals surface area (Å²) in [4.78, 5) is 13.6. The molecule has 0 aromatic heterocycles. The van der Waals surface area contributed by atoms with Gasteiger partial charge >= 0.3 is 0 Å². The molecule has 1 aromatic rings. The van der Waals surface area contributed by atoms with E-state index >= 15 is 0 Å². The number of benzene rings is 1. The monoisotopic (exact) mass is 261 g/mol. The van der Waals surface area contributed by atoms with Crippen LogP contribution in [0.5, 0.6) is 0 Å². The molecule has 0 spiro atoms. The van der Waals surface area contributed by atoms with Crippen LogP contribution in [0.25, 0.3) is 0 Å². The van der Waals surface area contributed by atoms with E-state index in [0.717, 1.165) is 31.6 Å². The zero-order valence-electron chi connectivity index (χ0n) is 11.8. The summed E-state index contributed by atoms with van der Waals surface area (Å²) in [5.41, 5.74) is 13.7. The number of nitrogens with two attached hydrogens (primary N) is 2. The Bertz CT molecular complexity index is 476. The highest BCUT2D eigenvalue weighted by Crippen LogP contribution is 2.37. The highest BCUT2D eigenvalue weighted by molar-refractivity contribution is 6.00. The second-order valence-electron chi connectivity index (χ2n) is 5.75. The standard InChI is InChI=1S/C15H23N3O/c1-3-15(2)7-9-18(10-8-15)12-6-4-5-11(13(12)16)14(17)19/h4-6H,3,7-10,16H2,1-2H3,(H2,17,19). The minimum Gasteiger partial charge on any atom is -0.396 e. The van der Waals surface area contributed by atoms with Crippen LogP contribution in [-0.4, -0.2) is 19.0 Å². The van der Waals surface area contributed by atoms with Gasteiger partial charge in [-0.15, -0.1) is 0 Å². The molecule has 1 aliphatic rings. The second-order valence-corrected chi connectivity index (χ2v) is 5.75. The highest BCUT2D eigenvalue weighted by atomic mass is 16.1. The molecule has 104 valence electrons. The summed E-state index contributed by atoms with van der Waals surface area (Å²) in [5.74, 6) is -0.463. The van der Waals surface area contributed by atoms with Gasteiger partial charge in [0.1, 0.15) is 0 Å². The Morgan fingerprint density at radius 1 is 1.37 bits per heavy atom. The molecule has 0 atom stereocenters. The van der Waals surface area contributed by atoms with E-state index in [4.69, 9.17) is 11.5 Å². The zero-order chi connectivity index (χ0) is 14.0. The average molecular weight is 261 g/mol. The van der Waals surface area contributed by atoms with Gasteiger partial charge in [-0.1, -0.05) is 26.3 Å². The molecular weight excluding hydrogens is 238 g/mol. The quantitative estimate of drug-likeness (QED) is 0.820. The fourth-order valence-electron chi connectivity index (χ4n) is 2.68. The number of hydrogen-bond acceptors (Lipinski definition) is 3. The largest absolute Gasteiger partial charge is 0.396 e. The third kappa shape index (κ3) is 2.67. The number of hydrogen-bond donors (Lipinski definition) is 2. The lowest BCUT2D eigenvalue weighted by Crippen LogP contribution is -2.39. The lowest BCUT2D eigenvalue weighted by atomic mass is 9.78. The smallest absolute Gasteiger partial charge is 0.250 e. The molecular formula is C15H23N3O. The molecule has 4 N–H and O–H groups in total. The number of nitrogens with zero attached hydrogens (tertiary/aromatic N) is 1. The molecule has 1 aromatic carbocycles. The van der Waals surface area contributed by atoms with Crippen LogP contribution >= 0.6 is 0 Å². The molecule has 1 heterocycles. The molecule has 2 rings (SSSR count). The van der Waals surface area contributed by atoms with Crippen LogP contribution in [0.3, 0.4) is 0 Å². The number of piperidine rings is 1. The maximum Gasteiger partial charge on any atom is 0.250 e. The van der Waals surface area contributed by atoms with E-state index in [-0.39, 0.29) is 0 Å². The lowest BCUT2D eigenvalue weighted by molar-refractivity contribution is 0.100. The number of para-hydroxylation sites is 1. The van der Waals surface area contributed by atoms with Crippen molar-refractivity contribution in [3.63, 3.8) is 0 Å². The van der Waals surface area contributed by atoms with E-state index in [0.29, 0.717) is 16.7 Å². The van der Waals surface area contributed by atoms with E-state index < -0.39 is 5.91 Å². The summed E-state index contributed by atoms with van der Waals surface area (Å²) in [5, 5.41) is 0. The van der Waals surface area contributed by atoms with Gasteiger partial charge in [0.25, 0.3) is 5.91 Å². The van der Waals surface area contributed by atoms with Crippen LogP contribution in [0, 0.1) is 5.41 Å². The molecule has 19 heavy (non-hydrogen) atoms. The number of amides is 1. The number of carbonyl (C=O) groups excluding carboxylic acids is 1. The molecule has 4 heteroatoms. The third-order valence-corrected chi connectivity index (χ3v) is 4.51. The fraction of sp³-hybridized carbons (Fsp3) is 0.533. The maximum atomic E-state index is 11.3. The van der Waals surface area contributed by atoms with Gasteiger partial charge in [-0.25, -0.2) is 0 Å². The first kappa shape index (κ1) is 13.7. The van der Waals surface area contributed by atoms with Gasteiger partial charge in [-0.05, 0) is 30.4 Å². The third-order valence-electron chi connectivity index (χ3n) is 4.51. The Hall–Kier alpha value is -1.71. The van der Waals surface area contributed by atoms with E-state index in [1.807, 2.05) is 12.1 Å². The van der Waals surface area contributed by atoms with Crippen LogP contribution in [0.15, 0.2) is 18.2 Å². The van der Waals surface area contributed by atoms with Crippen LogP contribution in [0.1, 0.15) is 43.5 Å². The Morgan fingerprint density at radius 3 is 2.53 bits per heavy atom. The Balaban J connectivity index is 2.21. The molecule has 0 bridgehead atoms. The number of nitrogen functional groups attached to an aromatic ring is 1. The van der Waals surface area contributed by atoms with Gasteiger partial charge in [0.15, 0.2) is 0 Å². The number of primary amides is 1. The van der Waals surface area contributed by atoms with E-state index in [2.05, 4.69) is 18.7 Å². The predicted octanol–water partition coefficient (Wildman–Crippen LogP) is 2.38. The summed E-state index contributed by atoms with van der Waals surface area (Å²) < 4.78 is 0. The van der Waals surface area contributed by atoms with Gasteiger partial charge in [-0.3, -0.25) is 4.79 Å². The molecule has 0 unspecified atom stereocenters. The van der Waals surface area contributed by atoms with E-state index in [9.17, 15) is 4.79 Å². The average Bonchev–Trinajstić information content (AvgIpc) is 2.40. The van der Waals surface area contributed by atoms with Crippen LogP contribution in [0.4, 0.5) is 11.4 Å². The first-order chi connectivity index (χ1) is 8.97. The molecule has 1 saturated heterocycles. The number of rotatable bonds is 3. The van der Waals surface area contributed by atoms with Crippen molar-refractivity contribution in [2.75, 3.05) is 23.7 Å². The van der Waals surface area contributed by atoms with Crippen molar-refractivity contribution in [3.05, 3.63) is 23.8 Å². The van der Waals surface area contributed by atoms with Crippen LogP contribution < -0.4 is 16.4 Å². The molecule has 0 radical (unpaired) electrons. The van der Waals surface area contributed by atoms with Gasteiger partial charge in [0, 0.05) is 13.1 Å². The second kappa shape index (κ2) is 5.11. The van der Waals surface area contributed by atoms with Gasteiger partial charge < -0.3 is 16.4 Å². The van der Waals surface area contributed by atoms with Crippen LogP contribution in [0.2, 0.25) is 0 Å². The fourth-order valence-corrected chi connectivity index (χ4v) is 2.68. The molecule has 1 amide bonds. The summed E-state index contributed by atoms with van der Waals surface area (Å²) in [7, 11) is 0. The van der Waals surface area contributed by atoms with Crippen LogP contribution in [-0.2, 0) is 0 Å². The Labute approximate surface area is 114 Å². The summed E-state index contributed by atoms with van der Waals surface area (Å²) in [6.07, 6.45) is 3.52.